The fourth-order valence-electron chi connectivity index (χ4n) is 4.20. The van der Waals surface area contributed by atoms with Crippen LogP contribution in [0.3, 0.4) is 0 Å². The molecule has 2 aromatic heterocycles. The van der Waals surface area contributed by atoms with E-state index in [0.717, 1.165) is 36.9 Å². The van der Waals surface area contributed by atoms with Crippen LogP contribution in [0.1, 0.15) is 25.3 Å². The van der Waals surface area contributed by atoms with E-state index in [-0.39, 0.29) is 11.6 Å². The summed E-state index contributed by atoms with van der Waals surface area (Å²) in [4.78, 5) is 26.1. The third kappa shape index (κ3) is 3.41. The lowest BCUT2D eigenvalue weighted by Crippen LogP contribution is -2.44. The standard InChI is InChI=1S/C21H25N7OS/c1-2-27-19-16(25-21(27)26-9-5-7-15(22)12-26)11-24-28(20(19)29)13-18-23-10-14-6-3-4-8-17(14)30-18/h3-4,6,8,11,15H,2,5,7,9-10,12-13,22H2,1H3. The van der Waals surface area contributed by atoms with Crippen LogP contribution in [0.25, 0.3) is 11.0 Å². The first-order valence-electron chi connectivity index (χ1n) is 10.4. The Morgan fingerprint density at radius 2 is 2.17 bits per heavy atom. The Bertz CT molecular complexity index is 1180. The van der Waals surface area contributed by atoms with E-state index >= 15 is 0 Å². The normalized spacial score (nSPS) is 19.1. The number of anilines is 1. The van der Waals surface area contributed by atoms with Crippen LogP contribution in [-0.2, 0) is 19.6 Å². The second-order valence-corrected chi connectivity index (χ2v) is 8.88. The molecule has 0 amide bonds. The van der Waals surface area contributed by atoms with Crippen LogP contribution < -0.4 is 16.2 Å². The molecule has 1 unspecified atom stereocenters. The molecule has 3 aromatic rings. The van der Waals surface area contributed by atoms with Gasteiger partial charge < -0.3 is 15.2 Å². The van der Waals surface area contributed by atoms with Crippen molar-refractivity contribution in [3.63, 3.8) is 0 Å². The molecular formula is C21H25N7OS. The summed E-state index contributed by atoms with van der Waals surface area (Å²) in [6.45, 7) is 5.38. The number of hydrogen-bond donors (Lipinski definition) is 1. The minimum absolute atomic E-state index is 0.128. The number of piperidine rings is 1. The highest BCUT2D eigenvalue weighted by Crippen LogP contribution is 2.29. The Morgan fingerprint density at radius 1 is 1.30 bits per heavy atom. The molecule has 0 bridgehead atoms. The summed E-state index contributed by atoms with van der Waals surface area (Å²) in [7, 11) is 0. The van der Waals surface area contributed by atoms with Gasteiger partial charge in [-0.3, -0.25) is 9.79 Å². The number of aryl methyl sites for hydroxylation is 1. The Balaban J connectivity index is 1.48. The van der Waals surface area contributed by atoms with E-state index in [1.807, 2.05) is 23.6 Å². The van der Waals surface area contributed by atoms with Crippen molar-refractivity contribution < 1.29 is 0 Å². The predicted molar refractivity (Wildman–Crippen MR) is 120 cm³/mol. The van der Waals surface area contributed by atoms with Crippen molar-refractivity contribution in [3.05, 3.63) is 46.4 Å². The second kappa shape index (κ2) is 7.88. The molecule has 1 fully saturated rings. The number of rotatable bonds is 4. The van der Waals surface area contributed by atoms with E-state index < -0.39 is 0 Å². The zero-order valence-electron chi connectivity index (χ0n) is 17.0. The van der Waals surface area contributed by atoms with Crippen molar-refractivity contribution in [2.75, 3.05) is 18.0 Å². The minimum atomic E-state index is -0.128. The zero-order chi connectivity index (χ0) is 20.7. The van der Waals surface area contributed by atoms with Crippen molar-refractivity contribution >= 4 is 33.8 Å². The molecule has 0 aliphatic carbocycles. The van der Waals surface area contributed by atoms with Crippen LogP contribution in [0.4, 0.5) is 5.95 Å². The minimum Gasteiger partial charge on any atom is -0.341 e. The molecular weight excluding hydrogens is 398 g/mol. The molecule has 0 radical (unpaired) electrons. The highest BCUT2D eigenvalue weighted by Gasteiger charge is 2.24. The van der Waals surface area contributed by atoms with Crippen molar-refractivity contribution in [2.45, 2.75) is 50.3 Å². The molecule has 1 aromatic carbocycles. The predicted octanol–water partition coefficient (Wildman–Crippen LogP) is 2.24. The first-order chi connectivity index (χ1) is 14.6. The summed E-state index contributed by atoms with van der Waals surface area (Å²) in [6, 6.07) is 8.38. The highest BCUT2D eigenvalue weighted by atomic mass is 32.2. The van der Waals surface area contributed by atoms with Gasteiger partial charge in [-0.05, 0) is 31.4 Å². The average Bonchev–Trinajstić information content (AvgIpc) is 3.15. The molecule has 2 N–H and O–H groups in total. The lowest BCUT2D eigenvalue weighted by atomic mass is 10.1. The maximum Gasteiger partial charge on any atom is 0.293 e. The third-order valence-corrected chi connectivity index (χ3v) is 6.81. The summed E-state index contributed by atoms with van der Waals surface area (Å²) < 4.78 is 3.50. The molecule has 9 heteroatoms. The first-order valence-corrected chi connectivity index (χ1v) is 11.2. The lowest BCUT2D eigenvalue weighted by molar-refractivity contribution is 0.494. The van der Waals surface area contributed by atoms with E-state index in [1.165, 1.54) is 15.1 Å². The number of imidazole rings is 1. The average molecular weight is 424 g/mol. The third-order valence-electron chi connectivity index (χ3n) is 5.70. The molecule has 1 atom stereocenters. The van der Waals surface area contributed by atoms with Crippen molar-refractivity contribution in [2.24, 2.45) is 10.7 Å². The van der Waals surface area contributed by atoms with Gasteiger partial charge in [-0.1, -0.05) is 30.0 Å². The number of fused-ring (bicyclic) bond motifs is 2. The summed E-state index contributed by atoms with van der Waals surface area (Å²) in [6.07, 6.45) is 3.76. The van der Waals surface area contributed by atoms with Crippen molar-refractivity contribution in [1.29, 1.82) is 0 Å². The van der Waals surface area contributed by atoms with E-state index in [2.05, 4.69) is 27.1 Å². The summed E-state index contributed by atoms with van der Waals surface area (Å²) in [5.41, 5.74) is 8.49. The number of hydrogen-bond acceptors (Lipinski definition) is 7. The maximum absolute atomic E-state index is 13.3. The zero-order valence-corrected chi connectivity index (χ0v) is 17.8. The molecule has 0 spiro atoms. The fourth-order valence-corrected chi connectivity index (χ4v) is 5.18. The SMILES string of the molecule is CCn1c(N2CCCC(N)C2)nc2cnn(CC3=NCc4ccccc4S3)c(=O)c21. The number of nitrogens with two attached hydrogens (primary N) is 1. The van der Waals surface area contributed by atoms with Crippen molar-refractivity contribution in [1.82, 2.24) is 19.3 Å². The number of nitrogens with zero attached hydrogens (tertiary/aromatic N) is 6. The van der Waals surface area contributed by atoms with Gasteiger partial charge in [-0.2, -0.15) is 5.10 Å². The molecule has 8 nitrogen and oxygen atoms in total. The topological polar surface area (TPSA) is 94.3 Å². The summed E-state index contributed by atoms with van der Waals surface area (Å²) >= 11 is 1.61. The molecule has 2 aliphatic rings. The molecule has 30 heavy (non-hydrogen) atoms. The first kappa shape index (κ1) is 19.3. The second-order valence-electron chi connectivity index (χ2n) is 7.77. The molecule has 4 heterocycles. The Morgan fingerprint density at radius 3 is 3.00 bits per heavy atom. The summed E-state index contributed by atoms with van der Waals surface area (Å²) in [5.74, 6) is 0.817. The van der Waals surface area contributed by atoms with Crippen molar-refractivity contribution in [3.8, 4) is 0 Å². The van der Waals surface area contributed by atoms with E-state index in [9.17, 15) is 4.79 Å². The van der Waals surface area contributed by atoms with Crippen LogP contribution in [0.15, 0.2) is 45.1 Å². The smallest absolute Gasteiger partial charge is 0.293 e. The molecule has 5 rings (SSSR count). The van der Waals surface area contributed by atoms with Gasteiger partial charge in [0.05, 0.1) is 24.3 Å². The molecule has 1 saturated heterocycles. The fraction of sp³-hybridized carbons (Fsp3) is 0.429. The van der Waals surface area contributed by atoms with Crippen LogP contribution in [-0.4, -0.2) is 43.5 Å². The van der Waals surface area contributed by atoms with Crippen LogP contribution in [0.2, 0.25) is 0 Å². The maximum atomic E-state index is 13.3. The van der Waals surface area contributed by atoms with E-state index in [4.69, 9.17) is 10.7 Å². The van der Waals surface area contributed by atoms with Crippen LogP contribution in [0.5, 0.6) is 0 Å². The highest BCUT2D eigenvalue weighted by molar-refractivity contribution is 8.14. The van der Waals surface area contributed by atoms with Gasteiger partial charge >= 0.3 is 0 Å². The number of aromatic nitrogens is 4. The van der Waals surface area contributed by atoms with Crippen LogP contribution in [0, 0.1) is 0 Å². The van der Waals surface area contributed by atoms with Gasteiger partial charge in [0.15, 0.2) is 0 Å². The van der Waals surface area contributed by atoms with Gasteiger partial charge in [0.2, 0.25) is 5.95 Å². The van der Waals surface area contributed by atoms with Crippen LogP contribution >= 0.6 is 11.8 Å². The van der Waals surface area contributed by atoms with Gasteiger partial charge in [0, 0.05) is 30.6 Å². The van der Waals surface area contributed by atoms with Gasteiger partial charge in [0.1, 0.15) is 11.0 Å². The lowest BCUT2D eigenvalue weighted by Gasteiger charge is -2.31. The Kier molecular flexibility index (Phi) is 5.08. The largest absolute Gasteiger partial charge is 0.341 e. The molecule has 0 saturated carbocycles. The van der Waals surface area contributed by atoms with E-state index in [1.54, 1.807) is 18.0 Å². The van der Waals surface area contributed by atoms with E-state index in [0.29, 0.717) is 30.7 Å². The monoisotopic (exact) mass is 423 g/mol. The number of aliphatic imine (C=N–C) groups is 1. The number of thioether (sulfide) groups is 1. The van der Waals surface area contributed by atoms with Gasteiger partial charge in [0.25, 0.3) is 5.56 Å². The Labute approximate surface area is 178 Å². The quantitative estimate of drug-likeness (QED) is 0.692. The molecule has 156 valence electrons. The van der Waals surface area contributed by atoms with Gasteiger partial charge in [-0.15, -0.1) is 0 Å². The molecule has 2 aliphatic heterocycles. The summed E-state index contributed by atoms with van der Waals surface area (Å²) in [5, 5.41) is 5.29. The Hall–Kier alpha value is -2.65. The number of benzene rings is 1. The van der Waals surface area contributed by atoms with Gasteiger partial charge in [-0.25, -0.2) is 9.67 Å².